The first-order chi connectivity index (χ1) is 25.4. The number of imidazole rings is 2. The van der Waals surface area contributed by atoms with Gasteiger partial charge in [0.15, 0.2) is 58.8 Å². The van der Waals surface area contributed by atoms with Crippen molar-refractivity contribution in [1.29, 1.82) is 0 Å². The third-order valence-corrected chi connectivity index (χ3v) is 8.81. The van der Waals surface area contributed by atoms with Crippen molar-refractivity contribution in [3.63, 3.8) is 0 Å². The highest BCUT2D eigenvalue weighted by molar-refractivity contribution is 5.73. The summed E-state index contributed by atoms with van der Waals surface area (Å²) in [6.45, 7) is 12.5. The number of nitrogens with one attached hydrogen (secondary N) is 2. The average Bonchev–Trinajstić information content (AvgIpc) is 3.87. The molecule has 8 atom stereocenters. The predicted molar refractivity (Wildman–Crippen MR) is 185 cm³/mol. The van der Waals surface area contributed by atoms with Crippen LogP contribution < -0.4 is 22.6 Å². The van der Waals surface area contributed by atoms with Gasteiger partial charge >= 0.3 is 11.9 Å². The molecule has 4 aromatic heterocycles. The number of aliphatic hydroxyl groups excluding tert-OH is 2. The largest absolute Gasteiger partial charge is 0.462 e. The predicted octanol–water partition coefficient (Wildman–Crippen LogP) is 0.107. The lowest BCUT2D eigenvalue weighted by Gasteiger charge is -2.31. The molecule has 6 heterocycles. The molecule has 0 bridgehead atoms. The summed E-state index contributed by atoms with van der Waals surface area (Å²) in [5, 5.41) is 19.4. The second kappa shape index (κ2) is 15.0. The quantitative estimate of drug-likeness (QED) is 0.0923. The van der Waals surface area contributed by atoms with Crippen molar-refractivity contribution in [3.8, 4) is 0 Å². The molecular formula is C32H40F2N10O10. The highest BCUT2D eigenvalue weighted by Crippen LogP contribution is 2.43. The van der Waals surface area contributed by atoms with Crippen LogP contribution in [0.1, 0.15) is 40.2 Å². The third-order valence-electron chi connectivity index (χ3n) is 8.81. The van der Waals surface area contributed by atoms with E-state index in [1.807, 2.05) is 0 Å². The Balaban J connectivity index is 0.000000222. The Morgan fingerprint density at radius 2 is 1.37 bits per heavy atom. The van der Waals surface area contributed by atoms with Crippen molar-refractivity contribution in [2.45, 2.75) is 75.9 Å². The maximum absolute atomic E-state index is 15.7. The van der Waals surface area contributed by atoms with Crippen molar-refractivity contribution in [2.24, 2.45) is 11.8 Å². The number of esters is 2. The second-order valence-corrected chi connectivity index (χ2v) is 13.2. The molecule has 0 radical (unpaired) electrons. The first-order valence-electron chi connectivity index (χ1n) is 16.5. The number of ether oxygens (including phenoxy) is 4. The second-order valence-electron chi connectivity index (χ2n) is 13.2. The molecule has 54 heavy (non-hydrogen) atoms. The third kappa shape index (κ3) is 6.95. The number of hydrogen-bond donors (Lipinski definition) is 6. The van der Waals surface area contributed by atoms with Crippen LogP contribution in [-0.4, -0.2) is 110 Å². The Morgan fingerprint density at radius 3 is 1.80 bits per heavy atom. The van der Waals surface area contributed by atoms with E-state index in [9.17, 15) is 33.8 Å². The molecule has 2 saturated heterocycles. The number of nitrogens with two attached hydrogens (primary N) is 2. The molecular weight excluding hydrogens is 722 g/mol. The Labute approximate surface area is 303 Å². The van der Waals surface area contributed by atoms with Crippen molar-refractivity contribution in [3.05, 3.63) is 58.7 Å². The van der Waals surface area contributed by atoms with Crippen LogP contribution in [0.15, 0.2) is 47.6 Å². The van der Waals surface area contributed by atoms with Crippen LogP contribution in [0.25, 0.3) is 22.3 Å². The van der Waals surface area contributed by atoms with E-state index in [1.54, 1.807) is 27.7 Å². The molecule has 0 saturated carbocycles. The summed E-state index contributed by atoms with van der Waals surface area (Å²) in [4.78, 5) is 68.5. The van der Waals surface area contributed by atoms with Crippen LogP contribution in [0, 0.1) is 11.8 Å². The molecule has 4 aromatic rings. The van der Waals surface area contributed by atoms with E-state index in [4.69, 9.17) is 30.4 Å². The number of fused-ring (bicyclic) bond motifs is 2. The molecule has 2 fully saturated rings. The van der Waals surface area contributed by atoms with Gasteiger partial charge in [0.25, 0.3) is 11.1 Å². The van der Waals surface area contributed by atoms with E-state index in [0.717, 1.165) is 17.0 Å². The molecule has 292 valence electrons. The Morgan fingerprint density at radius 1 is 0.907 bits per heavy atom. The fourth-order valence-corrected chi connectivity index (χ4v) is 5.72. The van der Waals surface area contributed by atoms with E-state index < -0.39 is 96.3 Å². The number of halogens is 2. The van der Waals surface area contributed by atoms with Gasteiger partial charge in [0, 0.05) is 0 Å². The summed E-state index contributed by atoms with van der Waals surface area (Å²) in [6.07, 6.45) is -4.99. The van der Waals surface area contributed by atoms with Crippen molar-refractivity contribution in [1.82, 2.24) is 39.0 Å². The standard InChI is InChI=1S/C20H26FN5O6.C12H14FN5O4/c1-6-20(7-30-17(28)9(2)3)13(31-18(29)10(4)5)11(21)16(32-20)26-8-23-12-14(26)24-19(22)25-15(12)27;1-2-12(3-19)7(20)5(13)10(22-12)18-4-15-6-8(18)16-11(14)17-9(6)21/h6,8-11,13,16H,1,7H2,2-5H3,(H3,22,24,25,27);2,4-5,7,10,19-20H,1,3H2,(H3,14,16,17,21)/t11-,13-,16+,20+;5-,7+,10+,12+/m00/s1. The number of hydrogen-bond acceptors (Lipinski definition) is 16. The van der Waals surface area contributed by atoms with E-state index in [-0.39, 0.29) is 34.2 Å². The summed E-state index contributed by atoms with van der Waals surface area (Å²) < 4.78 is 54.6. The van der Waals surface area contributed by atoms with Gasteiger partial charge in [-0.2, -0.15) is 9.97 Å². The van der Waals surface area contributed by atoms with Crippen LogP contribution in [0.4, 0.5) is 20.7 Å². The molecule has 8 N–H and O–H groups in total. The summed E-state index contributed by atoms with van der Waals surface area (Å²) in [5.41, 5.74) is 6.44. The highest BCUT2D eigenvalue weighted by Gasteiger charge is 2.59. The number of aromatic nitrogens is 8. The van der Waals surface area contributed by atoms with Gasteiger partial charge in [0.1, 0.15) is 18.3 Å². The maximum Gasteiger partial charge on any atom is 0.308 e. The number of alkyl halides is 2. The zero-order valence-electron chi connectivity index (χ0n) is 29.5. The van der Waals surface area contributed by atoms with Gasteiger partial charge in [-0.15, -0.1) is 6.58 Å². The topological polar surface area (TPSA) is 291 Å². The number of rotatable bonds is 10. The average molecular weight is 763 g/mol. The Bertz CT molecular complexity index is 2190. The van der Waals surface area contributed by atoms with E-state index in [0.29, 0.717) is 0 Å². The fourth-order valence-electron chi connectivity index (χ4n) is 5.72. The molecule has 0 aromatic carbocycles. The summed E-state index contributed by atoms with van der Waals surface area (Å²) in [7, 11) is 0. The number of H-pyrrole nitrogens is 2. The van der Waals surface area contributed by atoms with Crippen LogP contribution in [-0.2, 0) is 28.5 Å². The maximum atomic E-state index is 15.7. The van der Waals surface area contributed by atoms with Crippen LogP contribution in [0.5, 0.6) is 0 Å². The number of aromatic amines is 2. The zero-order valence-corrected chi connectivity index (χ0v) is 29.5. The smallest absolute Gasteiger partial charge is 0.308 e. The number of nitrogens with zero attached hydrogens (tertiary/aromatic N) is 6. The molecule has 0 amide bonds. The Kier molecular flexibility index (Phi) is 11.0. The molecule has 20 nitrogen and oxygen atoms in total. The first-order valence-corrected chi connectivity index (χ1v) is 16.5. The number of carbonyl (C=O) groups excluding carboxylic acids is 2. The lowest BCUT2D eigenvalue weighted by molar-refractivity contribution is -0.172. The van der Waals surface area contributed by atoms with Gasteiger partial charge in [-0.3, -0.25) is 38.3 Å². The van der Waals surface area contributed by atoms with Gasteiger partial charge in [-0.1, -0.05) is 46.4 Å². The van der Waals surface area contributed by atoms with Crippen LogP contribution in [0.3, 0.4) is 0 Å². The van der Waals surface area contributed by atoms with E-state index in [2.05, 4.69) is 43.1 Å². The minimum Gasteiger partial charge on any atom is -0.462 e. The lowest BCUT2D eigenvalue weighted by atomic mass is 9.96. The minimum atomic E-state index is -1.94. The van der Waals surface area contributed by atoms with Gasteiger partial charge in [0.05, 0.1) is 31.1 Å². The molecule has 0 aliphatic carbocycles. The molecule has 6 rings (SSSR count). The monoisotopic (exact) mass is 762 g/mol. The molecule has 2 aliphatic rings. The number of anilines is 2. The molecule has 0 spiro atoms. The fraction of sp³-hybridized carbons (Fsp3) is 0.500. The SMILES string of the molecule is C=C[C@]1(CO)O[C@@H](n2cnc3c(=O)[nH]c(N)nc32)[C@@H](F)[C@H]1O.C=C[C@]1(COC(=O)C(C)C)O[C@@H](n2cnc3c(=O)[nH]c(N)nc32)[C@@H](F)[C@@H]1OC(=O)C(C)C. The lowest BCUT2D eigenvalue weighted by Crippen LogP contribution is -2.48. The highest BCUT2D eigenvalue weighted by atomic mass is 19.1. The van der Waals surface area contributed by atoms with Crippen molar-refractivity contribution < 1.29 is 47.5 Å². The summed E-state index contributed by atoms with van der Waals surface area (Å²) in [6, 6.07) is 0. The van der Waals surface area contributed by atoms with E-state index in [1.165, 1.54) is 17.0 Å². The van der Waals surface area contributed by atoms with Gasteiger partial charge in [0.2, 0.25) is 11.9 Å². The van der Waals surface area contributed by atoms with Crippen molar-refractivity contribution in [2.75, 3.05) is 24.7 Å². The number of aliphatic hydroxyl groups is 2. The Hall–Kier alpha value is -5.58. The van der Waals surface area contributed by atoms with E-state index >= 15 is 4.39 Å². The summed E-state index contributed by atoms with van der Waals surface area (Å²) in [5.74, 6) is -2.56. The minimum absolute atomic E-state index is 0.0129. The molecule has 2 aliphatic heterocycles. The summed E-state index contributed by atoms with van der Waals surface area (Å²) >= 11 is 0. The normalized spacial score (nSPS) is 28.0. The molecule has 0 unspecified atom stereocenters. The zero-order chi connectivity index (χ0) is 39.9. The number of nitrogen functional groups attached to an aromatic ring is 2. The van der Waals surface area contributed by atoms with Crippen molar-refractivity contribution >= 4 is 46.2 Å². The molecule has 22 heteroatoms. The van der Waals surface area contributed by atoms with Gasteiger partial charge in [-0.05, 0) is 0 Å². The van der Waals surface area contributed by atoms with Crippen LogP contribution >= 0.6 is 0 Å². The number of carbonyl (C=O) groups is 2. The van der Waals surface area contributed by atoms with Gasteiger partial charge in [-0.25, -0.2) is 18.7 Å². The van der Waals surface area contributed by atoms with Crippen LogP contribution in [0.2, 0.25) is 0 Å². The van der Waals surface area contributed by atoms with Gasteiger partial charge < -0.3 is 40.6 Å². The first kappa shape index (κ1) is 39.6.